The van der Waals surface area contributed by atoms with Crippen LogP contribution in [-0.2, 0) is 11.2 Å². The van der Waals surface area contributed by atoms with E-state index < -0.39 is 0 Å². The van der Waals surface area contributed by atoms with Crippen LogP contribution in [0.3, 0.4) is 0 Å². The zero-order chi connectivity index (χ0) is 10.7. The number of ether oxygens (including phenoxy) is 1. The average molecular weight is 206 g/mol. The van der Waals surface area contributed by atoms with Crippen LogP contribution in [0, 0.1) is 0 Å². The summed E-state index contributed by atoms with van der Waals surface area (Å²) in [5.74, 6) is 1.22. The molecular formula is C11H14N2O2. The van der Waals surface area contributed by atoms with Crippen molar-refractivity contribution in [1.29, 1.82) is 0 Å². The van der Waals surface area contributed by atoms with Gasteiger partial charge in [0.15, 0.2) is 0 Å². The van der Waals surface area contributed by atoms with Crippen molar-refractivity contribution in [3.8, 4) is 5.75 Å². The molecule has 0 aliphatic heterocycles. The molecule has 2 rings (SSSR count). The zero-order valence-electron chi connectivity index (χ0n) is 8.68. The van der Waals surface area contributed by atoms with Crippen molar-refractivity contribution in [2.45, 2.75) is 12.8 Å². The molecule has 2 heterocycles. The fourth-order valence-corrected chi connectivity index (χ4v) is 1.62. The maximum Gasteiger partial charge on any atom is 0.141 e. The molecule has 0 spiro atoms. The van der Waals surface area contributed by atoms with Crippen LogP contribution in [0.25, 0.3) is 5.52 Å². The van der Waals surface area contributed by atoms with Crippen molar-refractivity contribution in [3.05, 3.63) is 30.4 Å². The molecule has 0 aliphatic rings. The minimum atomic E-state index is 0.267. The molecule has 0 amide bonds. The Morgan fingerprint density at radius 3 is 3.20 bits per heavy atom. The molecule has 0 radical (unpaired) electrons. The van der Waals surface area contributed by atoms with Crippen molar-refractivity contribution in [2.24, 2.45) is 0 Å². The molecule has 0 bridgehead atoms. The van der Waals surface area contributed by atoms with Crippen molar-refractivity contribution in [3.63, 3.8) is 0 Å². The summed E-state index contributed by atoms with van der Waals surface area (Å²) in [4.78, 5) is 4.28. The predicted octanol–water partition coefficient (Wildman–Crippen LogP) is 1.62. The number of aromatic hydroxyl groups is 1. The molecule has 2 aromatic heterocycles. The van der Waals surface area contributed by atoms with Gasteiger partial charge in [-0.1, -0.05) is 0 Å². The smallest absolute Gasteiger partial charge is 0.141 e. The van der Waals surface area contributed by atoms with E-state index in [4.69, 9.17) is 4.74 Å². The van der Waals surface area contributed by atoms with Gasteiger partial charge in [-0.25, -0.2) is 4.98 Å². The molecule has 0 saturated carbocycles. The van der Waals surface area contributed by atoms with Gasteiger partial charge in [0.1, 0.15) is 17.1 Å². The van der Waals surface area contributed by atoms with Crippen LogP contribution in [0.15, 0.2) is 24.5 Å². The minimum absolute atomic E-state index is 0.267. The summed E-state index contributed by atoms with van der Waals surface area (Å²) in [5.41, 5.74) is 0.755. The Morgan fingerprint density at radius 1 is 1.53 bits per heavy atom. The third-order valence-electron chi connectivity index (χ3n) is 2.37. The van der Waals surface area contributed by atoms with E-state index in [2.05, 4.69) is 4.98 Å². The largest absolute Gasteiger partial charge is 0.506 e. The number of imidazole rings is 1. The van der Waals surface area contributed by atoms with Crippen LogP contribution < -0.4 is 0 Å². The van der Waals surface area contributed by atoms with Gasteiger partial charge in [-0.05, 0) is 18.6 Å². The molecule has 4 heteroatoms. The van der Waals surface area contributed by atoms with E-state index in [0.29, 0.717) is 0 Å². The van der Waals surface area contributed by atoms with E-state index in [9.17, 15) is 5.11 Å². The van der Waals surface area contributed by atoms with Gasteiger partial charge in [0, 0.05) is 26.3 Å². The number of hydrogen-bond acceptors (Lipinski definition) is 3. The lowest BCUT2D eigenvalue weighted by Gasteiger charge is -2.01. The van der Waals surface area contributed by atoms with E-state index in [1.54, 1.807) is 19.4 Å². The van der Waals surface area contributed by atoms with E-state index in [-0.39, 0.29) is 5.75 Å². The molecule has 0 aliphatic carbocycles. The van der Waals surface area contributed by atoms with Crippen LogP contribution in [0.2, 0.25) is 0 Å². The van der Waals surface area contributed by atoms with Gasteiger partial charge in [0.05, 0.1) is 6.20 Å². The second-order valence-electron chi connectivity index (χ2n) is 3.42. The topological polar surface area (TPSA) is 46.8 Å². The zero-order valence-corrected chi connectivity index (χ0v) is 8.68. The van der Waals surface area contributed by atoms with Crippen molar-refractivity contribution >= 4 is 5.52 Å². The Labute approximate surface area is 88.1 Å². The summed E-state index contributed by atoms with van der Waals surface area (Å²) in [6, 6.07) is 3.47. The first-order chi connectivity index (χ1) is 7.33. The van der Waals surface area contributed by atoms with Gasteiger partial charge in [-0.2, -0.15) is 0 Å². The Hall–Kier alpha value is -1.55. The molecule has 4 nitrogen and oxygen atoms in total. The van der Waals surface area contributed by atoms with E-state index in [1.807, 2.05) is 16.7 Å². The number of nitrogens with zero attached hydrogens (tertiary/aromatic N) is 2. The van der Waals surface area contributed by atoms with E-state index in [1.165, 1.54) is 0 Å². The number of fused-ring (bicyclic) bond motifs is 1. The quantitative estimate of drug-likeness (QED) is 0.773. The standard InChI is InChI=1S/C11H14N2O2/c1-15-7-3-5-11-12-8-9-10(14)4-2-6-13(9)11/h2,4,6,8,14H,3,5,7H2,1H3. The summed E-state index contributed by atoms with van der Waals surface area (Å²) in [7, 11) is 1.69. The highest BCUT2D eigenvalue weighted by atomic mass is 16.5. The molecule has 0 saturated heterocycles. The molecule has 80 valence electrons. The Balaban J connectivity index is 2.25. The highest BCUT2D eigenvalue weighted by molar-refractivity contribution is 5.58. The maximum absolute atomic E-state index is 9.57. The van der Waals surface area contributed by atoms with Gasteiger partial charge in [0.2, 0.25) is 0 Å². The second-order valence-corrected chi connectivity index (χ2v) is 3.42. The summed E-state index contributed by atoms with van der Waals surface area (Å²) >= 11 is 0. The monoisotopic (exact) mass is 206 g/mol. The summed E-state index contributed by atoms with van der Waals surface area (Å²) in [6.07, 6.45) is 5.39. The van der Waals surface area contributed by atoms with Crippen LogP contribution in [0.1, 0.15) is 12.2 Å². The average Bonchev–Trinajstić information content (AvgIpc) is 2.64. The molecule has 0 fully saturated rings. The SMILES string of the molecule is COCCCc1ncc2c(O)cccn12. The number of methoxy groups -OCH3 is 1. The number of aryl methyl sites for hydroxylation is 1. The van der Waals surface area contributed by atoms with Crippen molar-refractivity contribution in [2.75, 3.05) is 13.7 Å². The van der Waals surface area contributed by atoms with E-state index >= 15 is 0 Å². The normalized spacial score (nSPS) is 11.0. The number of hydrogen-bond donors (Lipinski definition) is 1. The molecule has 1 N–H and O–H groups in total. The predicted molar refractivity (Wildman–Crippen MR) is 57.1 cm³/mol. The molecule has 0 unspecified atom stereocenters. The van der Waals surface area contributed by atoms with Gasteiger partial charge < -0.3 is 14.2 Å². The second kappa shape index (κ2) is 4.31. The van der Waals surface area contributed by atoms with Gasteiger partial charge >= 0.3 is 0 Å². The third-order valence-corrected chi connectivity index (χ3v) is 2.37. The fraction of sp³-hybridized carbons (Fsp3) is 0.364. The Bertz CT molecular complexity index is 451. The molecule has 2 aromatic rings. The molecule has 15 heavy (non-hydrogen) atoms. The minimum Gasteiger partial charge on any atom is -0.506 e. The van der Waals surface area contributed by atoms with Gasteiger partial charge in [-0.3, -0.25) is 0 Å². The first-order valence-corrected chi connectivity index (χ1v) is 4.96. The third kappa shape index (κ3) is 1.94. The fourth-order valence-electron chi connectivity index (χ4n) is 1.62. The summed E-state index contributed by atoms with van der Waals surface area (Å²) < 4.78 is 6.90. The van der Waals surface area contributed by atoms with Crippen molar-refractivity contribution in [1.82, 2.24) is 9.38 Å². The number of rotatable bonds is 4. The molecule has 0 atom stereocenters. The van der Waals surface area contributed by atoms with Crippen LogP contribution in [-0.4, -0.2) is 28.2 Å². The van der Waals surface area contributed by atoms with Crippen LogP contribution in [0.4, 0.5) is 0 Å². The highest BCUT2D eigenvalue weighted by Crippen LogP contribution is 2.18. The molecular weight excluding hydrogens is 192 g/mol. The lowest BCUT2D eigenvalue weighted by molar-refractivity contribution is 0.194. The first kappa shape index (κ1) is 9.98. The van der Waals surface area contributed by atoms with Gasteiger partial charge in [0.25, 0.3) is 0 Å². The molecule has 0 aromatic carbocycles. The lowest BCUT2D eigenvalue weighted by Crippen LogP contribution is -1.98. The van der Waals surface area contributed by atoms with Crippen LogP contribution >= 0.6 is 0 Å². The summed E-state index contributed by atoms with van der Waals surface area (Å²) in [6.45, 7) is 0.730. The van der Waals surface area contributed by atoms with Crippen molar-refractivity contribution < 1.29 is 9.84 Å². The Kier molecular flexibility index (Phi) is 2.87. The lowest BCUT2D eigenvalue weighted by atomic mass is 10.3. The highest BCUT2D eigenvalue weighted by Gasteiger charge is 2.05. The number of aromatic nitrogens is 2. The van der Waals surface area contributed by atoms with E-state index in [0.717, 1.165) is 30.8 Å². The first-order valence-electron chi connectivity index (χ1n) is 4.96. The van der Waals surface area contributed by atoms with Crippen LogP contribution in [0.5, 0.6) is 5.75 Å². The number of pyridine rings is 1. The Morgan fingerprint density at radius 2 is 2.40 bits per heavy atom. The maximum atomic E-state index is 9.57. The summed E-state index contributed by atoms with van der Waals surface area (Å²) in [5, 5.41) is 9.57. The van der Waals surface area contributed by atoms with Gasteiger partial charge in [-0.15, -0.1) is 0 Å².